The van der Waals surface area contributed by atoms with Crippen LogP contribution in [0.25, 0.3) is 0 Å². The second kappa shape index (κ2) is 4.63. The van der Waals surface area contributed by atoms with E-state index in [9.17, 15) is 26.7 Å². The molecule has 0 aliphatic heterocycles. The molecule has 0 fully saturated rings. The molecule has 2 rings (SSSR count). The minimum absolute atomic E-state index is 0.496. The molecule has 0 aliphatic rings. The van der Waals surface area contributed by atoms with Gasteiger partial charge in [-0.1, -0.05) is 0 Å². The molecule has 100 valence electrons. The fraction of sp³-hybridized carbons (Fsp3) is 0. The van der Waals surface area contributed by atoms with E-state index in [-0.39, 0.29) is 0 Å². The van der Waals surface area contributed by atoms with Gasteiger partial charge in [0.25, 0.3) is 0 Å². The van der Waals surface area contributed by atoms with Gasteiger partial charge >= 0.3 is 5.97 Å². The third-order valence-corrected chi connectivity index (χ3v) is 1.99. The van der Waals surface area contributed by atoms with Crippen LogP contribution >= 0.6 is 0 Å². The highest BCUT2D eigenvalue weighted by Gasteiger charge is 2.29. The Kier molecular flexibility index (Phi) is 3.15. The van der Waals surface area contributed by atoms with Crippen molar-refractivity contribution in [3.05, 3.63) is 41.0 Å². The summed E-state index contributed by atoms with van der Waals surface area (Å²) >= 11 is 0. The molecule has 0 unspecified atom stereocenters. The predicted octanol–water partition coefficient (Wildman–Crippen LogP) is 1.72. The third kappa shape index (κ3) is 2.11. The highest BCUT2D eigenvalue weighted by Crippen LogP contribution is 2.29. The minimum Gasteiger partial charge on any atom is -0.415 e. The van der Waals surface area contributed by atoms with Gasteiger partial charge < -0.3 is 4.74 Å². The largest absolute Gasteiger partial charge is 0.415 e. The van der Waals surface area contributed by atoms with Gasteiger partial charge in [-0.25, -0.2) is 18.0 Å². The van der Waals surface area contributed by atoms with Gasteiger partial charge in [-0.15, -0.1) is 5.10 Å². The quantitative estimate of drug-likeness (QED) is 0.299. The van der Waals surface area contributed by atoms with E-state index < -0.39 is 46.5 Å². The fourth-order valence-corrected chi connectivity index (χ4v) is 1.12. The van der Waals surface area contributed by atoms with Crippen LogP contribution in [0, 0.1) is 29.1 Å². The number of H-pyrrole nitrogens is 1. The minimum atomic E-state index is -2.35. The predicted molar refractivity (Wildman–Crippen MR) is 47.6 cm³/mol. The Labute approximate surface area is 101 Å². The number of nitrogens with zero attached hydrogens (tertiary/aromatic N) is 2. The first-order valence-corrected chi connectivity index (χ1v) is 4.52. The molecule has 19 heavy (non-hydrogen) atoms. The number of halogens is 5. The summed E-state index contributed by atoms with van der Waals surface area (Å²) in [6.07, 6.45) is 0.842. The van der Waals surface area contributed by atoms with Crippen LogP contribution in [-0.4, -0.2) is 21.4 Å². The number of aromatic amines is 1. The van der Waals surface area contributed by atoms with Gasteiger partial charge in [0, 0.05) is 0 Å². The lowest BCUT2D eigenvalue weighted by Crippen LogP contribution is -2.14. The topological polar surface area (TPSA) is 67.9 Å². The number of ether oxygens (including phenoxy) is 1. The number of carbonyl (C=O) groups is 1. The summed E-state index contributed by atoms with van der Waals surface area (Å²) < 4.78 is 68.7. The number of benzene rings is 1. The van der Waals surface area contributed by atoms with E-state index in [0.717, 1.165) is 6.20 Å². The van der Waals surface area contributed by atoms with Gasteiger partial charge in [0.1, 0.15) is 0 Å². The average molecular weight is 279 g/mol. The van der Waals surface area contributed by atoms with Crippen molar-refractivity contribution >= 4 is 5.97 Å². The van der Waals surface area contributed by atoms with E-state index >= 15 is 0 Å². The van der Waals surface area contributed by atoms with Crippen molar-refractivity contribution in [3.8, 4) is 5.75 Å². The zero-order chi connectivity index (χ0) is 14.2. The van der Waals surface area contributed by atoms with E-state index in [1.165, 1.54) is 0 Å². The van der Waals surface area contributed by atoms with Crippen LogP contribution in [0.4, 0.5) is 22.0 Å². The maximum atomic E-state index is 13.2. The Morgan fingerprint density at radius 3 is 2.00 bits per heavy atom. The van der Waals surface area contributed by atoms with Gasteiger partial charge in [0.15, 0.2) is 5.69 Å². The molecule has 1 heterocycles. The summed E-state index contributed by atoms with van der Waals surface area (Å²) in [5.74, 6) is -14.4. The normalized spacial score (nSPS) is 10.6. The number of aromatic nitrogens is 3. The van der Waals surface area contributed by atoms with Crippen LogP contribution < -0.4 is 4.74 Å². The van der Waals surface area contributed by atoms with Gasteiger partial charge in [-0.2, -0.15) is 19.1 Å². The van der Waals surface area contributed by atoms with Gasteiger partial charge in [0.05, 0.1) is 6.20 Å². The molecule has 0 saturated heterocycles. The molecule has 0 aliphatic carbocycles. The van der Waals surface area contributed by atoms with Crippen LogP contribution in [0.5, 0.6) is 5.75 Å². The van der Waals surface area contributed by atoms with Gasteiger partial charge in [-0.3, -0.25) is 0 Å². The van der Waals surface area contributed by atoms with E-state index in [1.54, 1.807) is 0 Å². The summed E-state index contributed by atoms with van der Waals surface area (Å²) in [5.41, 5.74) is -0.496. The van der Waals surface area contributed by atoms with Crippen molar-refractivity contribution in [2.24, 2.45) is 0 Å². The number of rotatable bonds is 2. The first kappa shape index (κ1) is 12.9. The van der Waals surface area contributed by atoms with E-state index in [2.05, 4.69) is 14.9 Å². The van der Waals surface area contributed by atoms with Crippen LogP contribution in [0.1, 0.15) is 10.5 Å². The Hall–Kier alpha value is -2.52. The Morgan fingerprint density at radius 2 is 1.53 bits per heavy atom. The van der Waals surface area contributed by atoms with Crippen molar-refractivity contribution in [1.82, 2.24) is 15.4 Å². The van der Waals surface area contributed by atoms with Crippen LogP contribution in [0.2, 0.25) is 0 Å². The Morgan fingerprint density at radius 1 is 1.00 bits per heavy atom. The summed E-state index contributed by atoms with van der Waals surface area (Å²) in [4.78, 5) is 11.3. The molecule has 0 amide bonds. The maximum absolute atomic E-state index is 13.2. The molecule has 1 aromatic carbocycles. The molecule has 0 spiro atoms. The maximum Gasteiger partial charge on any atom is 0.366 e. The third-order valence-electron chi connectivity index (χ3n) is 1.99. The zero-order valence-corrected chi connectivity index (χ0v) is 8.68. The summed E-state index contributed by atoms with van der Waals surface area (Å²) in [5, 5.41) is 8.42. The highest BCUT2D eigenvalue weighted by molar-refractivity contribution is 5.88. The summed E-state index contributed by atoms with van der Waals surface area (Å²) in [6, 6.07) is 0. The SMILES string of the molecule is O=C(Oc1c(F)c(F)c(F)c(F)c1F)c1cn[nH]n1. The first-order chi connectivity index (χ1) is 8.93. The number of esters is 1. The molecule has 1 N–H and O–H groups in total. The van der Waals surface area contributed by atoms with Gasteiger partial charge in [-0.05, 0) is 0 Å². The van der Waals surface area contributed by atoms with Crippen LogP contribution in [0.15, 0.2) is 6.20 Å². The molecule has 0 radical (unpaired) electrons. The van der Waals surface area contributed by atoms with Crippen LogP contribution in [0.3, 0.4) is 0 Å². The van der Waals surface area contributed by atoms with Crippen molar-refractivity contribution < 1.29 is 31.5 Å². The van der Waals surface area contributed by atoms with Crippen LogP contribution in [-0.2, 0) is 0 Å². The summed E-state index contributed by atoms with van der Waals surface area (Å²) in [6.45, 7) is 0. The van der Waals surface area contributed by atoms with Crippen molar-refractivity contribution in [1.29, 1.82) is 0 Å². The Balaban J connectivity index is 2.44. The second-order valence-corrected chi connectivity index (χ2v) is 3.14. The summed E-state index contributed by atoms with van der Waals surface area (Å²) in [7, 11) is 0. The van der Waals surface area contributed by atoms with Crippen molar-refractivity contribution in [2.75, 3.05) is 0 Å². The van der Waals surface area contributed by atoms with Crippen molar-refractivity contribution in [3.63, 3.8) is 0 Å². The highest BCUT2D eigenvalue weighted by atomic mass is 19.2. The molecule has 0 saturated carbocycles. The molecule has 5 nitrogen and oxygen atoms in total. The lowest BCUT2D eigenvalue weighted by atomic mass is 10.2. The molecular weight excluding hydrogens is 277 g/mol. The lowest BCUT2D eigenvalue weighted by Gasteiger charge is -2.07. The monoisotopic (exact) mass is 279 g/mol. The zero-order valence-electron chi connectivity index (χ0n) is 8.68. The Bertz CT molecular complexity index is 615. The standard InChI is InChI=1S/C9H2F5N3O2/c10-3-4(11)6(13)8(7(14)5(3)12)19-9(18)2-1-15-17-16-2/h1H,(H,15,16,17). The second-order valence-electron chi connectivity index (χ2n) is 3.14. The molecular formula is C9H2F5N3O2. The molecule has 0 atom stereocenters. The van der Waals surface area contributed by atoms with E-state index in [0.29, 0.717) is 0 Å². The lowest BCUT2D eigenvalue weighted by molar-refractivity contribution is 0.0709. The molecule has 10 heteroatoms. The first-order valence-electron chi connectivity index (χ1n) is 4.52. The fourth-order valence-electron chi connectivity index (χ4n) is 1.12. The number of hydrogen-bond donors (Lipinski definition) is 1. The molecule has 2 aromatic rings. The van der Waals surface area contributed by atoms with E-state index in [4.69, 9.17) is 0 Å². The average Bonchev–Trinajstić information content (AvgIpc) is 2.93. The smallest absolute Gasteiger partial charge is 0.366 e. The number of carbonyl (C=O) groups excluding carboxylic acids is 1. The molecule has 1 aromatic heterocycles. The number of nitrogens with one attached hydrogen (secondary N) is 1. The van der Waals surface area contributed by atoms with Crippen molar-refractivity contribution in [2.45, 2.75) is 0 Å². The molecule has 0 bridgehead atoms. The van der Waals surface area contributed by atoms with E-state index in [1.807, 2.05) is 5.21 Å². The van der Waals surface area contributed by atoms with Gasteiger partial charge in [0.2, 0.25) is 34.8 Å². The number of hydrogen-bond acceptors (Lipinski definition) is 4.